The molecule has 1 heterocycles. The number of benzene rings is 2. The van der Waals surface area contributed by atoms with Gasteiger partial charge in [-0.1, -0.05) is 48.5 Å². The molecule has 2 aromatic rings. The molecule has 172 valence electrons. The molecule has 3 rings (SSSR count). The molecule has 0 bridgehead atoms. The summed E-state index contributed by atoms with van der Waals surface area (Å²) in [4.78, 5) is 22.2. The zero-order valence-electron chi connectivity index (χ0n) is 19.3. The van der Waals surface area contributed by atoms with Crippen molar-refractivity contribution in [3.8, 4) is 5.75 Å². The van der Waals surface area contributed by atoms with Gasteiger partial charge < -0.3 is 24.6 Å². The summed E-state index contributed by atoms with van der Waals surface area (Å²) in [5.41, 5.74) is 2.06. The van der Waals surface area contributed by atoms with Crippen LogP contribution < -0.4 is 10.1 Å². The molecule has 32 heavy (non-hydrogen) atoms. The zero-order valence-corrected chi connectivity index (χ0v) is 19.3. The van der Waals surface area contributed by atoms with Crippen molar-refractivity contribution >= 4 is 11.9 Å². The second-order valence-electron chi connectivity index (χ2n) is 7.76. The molecule has 1 saturated heterocycles. The third-order valence-electron chi connectivity index (χ3n) is 5.54. The maximum absolute atomic E-state index is 13.4. The van der Waals surface area contributed by atoms with Gasteiger partial charge in [0, 0.05) is 38.8 Å². The van der Waals surface area contributed by atoms with Crippen LogP contribution in [0.3, 0.4) is 0 Å². The van der Waals surface area contributed by atoms with Crippen molar-refractivity contribution in [1.29, 1.82) is 0 Å². The minimum absolute atomic E-state index is 0.103. The molecule has 7 heteroatoms. The van der Waals surface area contributed by atoms with Gasteiger partial charge >= 0.3 is 0 Å². The Morgan fingerprint density at radius 2 is 1.84 bits per heavy atom. The minimum Gasteiger partial charge on any atom is -0.496 e. The second kappa shape index (κ2) is 12.1. The smallest absolute Gasteiger partial charge is 0.232 e. The van der Waals surface area contributed by atoms with E-state index in [0.29, 0.717) is 39.4 Å². The number of morpholine rings is 1. The Hall–Kier alpha value is -3.06. The quantitative estimate of drug-likeness (QED) is 0.507. The molecule has 2 aromatic carbocycles. The molecule has 1 N–H and O–H groups in total. The summed E-state index contributed by atoms with van der Waals surface area (Å²) in [5, 5.41) is 3.36. The number of amides is 1. The molecule has 7 nitrogen and oxygen atoms in total. The number of para-hydroxylation sites is 1. The summed E-state index contributed by atoms with van der Waals surface area (Å²) in [5.74, 6) is 1.38. The first-order valence-corrected chi connectivity index (χ1v) is 11.2. The Morgan fingerprint density at radius 1 is 1.16 bits per heavy atom. The highest BCUT2D eigenvalue weighted by molar-refractivity contribution is 5.85. The molecule has 0 saturated carbocycles. The van der Waals surface area contributed by atoms with Crippen molar-refractivity contribution in [2.75, 3.05) is 53.6 Å². The van der Waals surface area contributed by atoms with Crippen LogP contribution in [-0.4, -0.2) is 75.2 Å². The van der Waals surface area contributed by atoms with Gasteiger partial charge in [-0.05, 0) is 18.6 Å². The van der Waals surface area contributed by atoms with E-state index in [9.17, 15) is 4.79 Å². The molecule has 1 atom stereocenters. The molecule has 0 aliphatic carbocycles. The maximum atomic E-state index is 13.4. The van der Waals surface area contributed by atoms with Gasteiger partial charge in [-0.25, -0.2) is 0 Å². The highest BCUT2D eigenvalue weighted by Crippen LogP contribution is 2.21. The van der Waals surface area contributed by atoms with E-state index in [2.05, 4.69) is 10.2 Å². The van der Waals surface area contributed by atoms with Crippen LogP contribution in [0.4, 0.5) is 0 Å². The van der Waals surface area contributed by atoms with E-state index in [1.165, 1.54) is 0 Å². The summed E-state index contributed by atoms with van der Waals surface area (Å²) < 4.78 is 10.9. The lowest BCUT2D eigenvalue weighted by Crippen LogP contribution is -2.44. The minimum atomic E-state index is -0.331. The van der Waals surface area contributed by atoms with Gasteiger partial charge in [-0.2, -0.15) is 0 Å². The number of guanidine groups is 1. The van der Waals surface area contributed by atoms with Crippen LogP contribution in [0.1, 0.15) is 24.0 Å². The van der Waals surface area contributed by atoms with Gasteiger partial charge in [0.05, 0.1) is 32.8 Å². The molecule has 1 aliphatic rings. The van der Waals surface area contributed by atoms with Crippen LogP contribution in [0.25, 0.3) is 0 Å². The second-order valence-corrected chi connectivity index (χ2v) is 7.76. The third kappa shape index (κ3) is 6.23. The maximum Gasteiger partial charge on any atom is 0.232 e. The van der Waals surface area contributed by atoms with Gasteiger partial charge in [0.15, 0.2) is 5.96 Å². The predicted molar refractivity (Wildman–Crippen MR) is 127 cm³/mol. The summed E-state index contributed by atoms with van der Waals surface area (Å²) in [6.07, 6.45) is 0. The fraction of sp³-hybridized carbons (Fsp3) is 0.440. The number of nitrogens with zero attached hydrogens (tertiary/aromatic N) is 3. The van der Waals surface area contributed by atoms with Gasteiger partial charge in [0.1, 0.15) is 5.75 Å². The Labute approximate surface area is 191 Å². The van der Waals surface area contributed by atoms with Crippen LogP contribution in [0.2, 0.25) is 0 Å². The van der Waals surface area contributed by atoms with Crippen LogP contribution >= 0.6 is 0 Å². The molecule has 1 unspecified atom stereocenters. The van der Waals surface area contributed by atoms with Crippen LogP contribution in [0.5, 0.6) is 5.75 Å². The Morgan fingerprint density at radius 3 is 2.53 bits per heavy atom. The normalized spacial score (nSPS) is 15.2. The number of methoxy groups -OCH3 is 1. The molecule has 0 spiro atoms. The van der Waals surface area contributed by atoms with Crippen molar-refractivity contribution in [3.05, 3.63) is 65.7 Å². The van der Waals surface area contributed by atoms with Crippen LogP contribution in [0, 0.1) is 0 Å². The topological polar surface area (TPSA) is 66.4 Å². The standard InChI is InChI=1S/C25H34N4O3/c1-4-26-25(28(2)19-21-12-8-9-13-23(21)31-3)27-18-22(20-10-6-5-7-11-20)24(30)29-14-16-32-17-15-29/h5-13,22H,4,14-19H2,1-3H3,(H,26,27). The molecule has 1 aliphatic heterocycles. The first kappa shape index (κ1) is 23.6. The zero-order chi connectivity index (χ0) is 22.8. The highest BCUT2D eigenvalue weighted by Gasteiger charge is 2.27. The Bertz CT molecular complexity index is 882. The number of ether oxygens (including phenoxy) is 2. The van der Waals surface area contributed by atoms with E-state index in [0.717, 1.165) is 29.4 Å². The Balaban J connectivity index is 1.80. The molecule has 1 amide bonds. The summed E-state index contributed by atoms with van der Waals surface area (Å²) in [7, 11) is 3.68. The summed E-state index contributed by atoms with van der Waals surface area (Å²) in [6.45, 7) is 6.21. The number of aliphatic imine (C=N–C) groups is 1. The fourth-order valence-electron chi connectivity index (χ4n) is 3.83. The van der Waals surface area contributed by atoms with E-state index in [1.54, 1.807) is 7.11 Å². The van der Waals surface area contributed by atoms with Gasteiger partial charge in [-0.15, -0.1) is 0 Å². The molecule has 0 radical (unpaired) electrons. The molecular formula is C25H34N4O3. The third-order valence-corrected chi connectivity index (χ3v) is 5.54. The first-order valence-electron chi connectivity index (χ1n) is 11.2. The average molecular weight is 439 g/mol. The number of carbonyl (C=O) groups excluding carboxylic acids is 1. The van der Waals surface area contributed by atoms with Crippen molar-refractivity contribution < 1.29 is 14.3 Å². The van der Waals surface area contributed by atoms with Crippen molar-refractivity contribution in [1.82, 2.24) is 15.1 Å². The highest BCUT2D eigenvalue weighted by atomic mass is 16.5. The summed E-state index contributed by atoms with van der Waals surface area (Å²) >= 11 is 0. The van der Waals surface area contributed by atoms with Crippen molar-refractivity contribution in [2.24, 2.45) is 4.99 Å². The molecule has 0 aromatic heterocycles. The molecular weight excluding hydrogens is 404 g/mol. The van der Waals surface area contributed by atoms with Crippen molar-refractivity contribution in [2.45, 2.75) is 19.4 Å². The molecule has 1 fully saturated rings. The summed E-state index contributed by atoms with van der Waals surface area (Å²) in [6, 6.07) is 17.9. The van der Waals surface area contributed by atoms with Crippen molar-refractivity contribution in [3.63, 3.8) is 0 Å². The SMILES string of the molecule is CCNC(=NCC(C(=O)N1CCOCC1)c1ccccc1)N(C)Cc1ccccc1OC. The first-order chi connectivity index (χ1) is 15.6. The lowest BCUT2D eigenvalue weighted by Gasteiger charge is -2.30. The predicted octanol–water partition coefficient (Wildman–Crippen LogP) is 2.74. The fourth-order valence-corrected chi connectivity index (χ4v) is 3.83. The Kier molecular flexibility index (Phi) is 8.92. The van der Waals surface area contributed by atoms with E-state index in [1.807, 2.05) is 73.5 Å². The monoisotopic (exact) mass is 438 g/mol. The number of rotatable bonds is 8. The number of hydrogen-bond acceptors (Lipinski definition) is 4. The van der Waals surface area contributed by atoms with Gasteiger partial charge in [0.2, 0.25) is 5.91 Å². The van der Waals surface area contributed by atoms with Crippen LogP contribution in [-0.2, 0) is 16.1 Å². The largest absolute Gasteiger partial charge is 0.496 e. The van der Waals surface area contributed by atoms with Gasteiger partial charge in [-0.3, -0.25) is 9.79 Å². The average Bonchev–Trinajstić information content (AvgIpc) is 2.84. The lowest BCUT2D eigenvalue weighted by molar-refractivity contribution is -0.136. The van der Waals surface area contributed by atoms with Gasteiger partial charge in [0.25, 0.3) is 0 Å². The van der Waals surface area contributed by atoms with E-state index < -0.39 is 0 Å². The number of hydrogen-bond donors (Lipinski definition) is 1. The van der Waals surface area contributed by atoms with E-state index in [4.69, 9.17) is 14.5 Å². The number of carbonyl (C=O) groups is 1. The van der Waals surface area contributed by atoms with E-state index in [-0.39, 0.29) is 11.8 Å². The van der Waals surface area contributed by atoms with E-state index >= 15 is 0 Å². The lowest BCUT2D eigenvalue weighted by atomic mass is 9.97. The van der Waals surface area contributed by atoms with Crippen LogP contribution in [0.15, 0.2) is 59.6 Å². The number of nitrogens with one attached hydrogen (secondary N) is 1.